The van der Waals surface area contributed by atoms with Crippen molar-refractivity contribution in [2.75, 3.05) is 90.6 Å². The van der Waals surface area contributed by atoms with Gasteiger partial charge in [0, 0.05) is 98.1 Å². The highest BCUT2D eigenvalue weighted by molar-refractivity contribution is 7.89. The Kier molecular flexibility index (Phi) is 16.1. The molecule has 0 aliphatic carbocycles. The van der Waals surface area contributed by atoms with Gasteiger partial charge in [-0.25, -0.2) is 26.8 Å². The smallest absolute Gasteiger partial charge is 0.243 e. The highest BCUT2D eigenvalue weighted by atomic mass is 35.5. The first kappa shape index (κ1) is 49.3. The molecule has 0 amide bonds. The predicted octanol–water partition coefficient (Wildman–Crippen LogP) is 8.45. The number of hydrogen-bond acceptors (Lipinski definition) is 14. The summed E-state index contributed by atoms with van der Waals surface area (Å²) < 4.78 is 76.6. The van der Waals surface area contributed by atoms with Gasteiger partial charge in [0.15, 0.2) is 33.3 Å². The van der Waals surface area contributed by atoms with E-state index >= 15 is 0 Å². The van der Waals surface area contributed by atoms with Crippen molar-refractivity contribution in [1.82, 2.24) is 18.6 Å². The lowest BCUT2D eigenvalue weighted by Crippen LogP contribution is -2.48. The van der Waals surface area contributed by atoms with Crippen molar-refractivity contribution in [3.8, 4) is 23.0 Å². The quantitative estimate of drug-likeness (QED) is 0.103. The van der Waals surface area contributed by atoms with Gasteiger partial charge in [0.25, 0.3) is 0 Å². The molecule has 8 rings (SSSR count). The number of thiazole rings is 2. The number of methoxy groups -OCH3 is 4. The third kappa shape index (κ3) is 11.4. The average Bonchev–Trinajstić information content (AvgIpc) is 4.01. The molecule has 4 aromatic carbocycles. The number of hydrogen-bond donors (Lipinski definition) is 0. The fraction of sp³-hybridized carbons (Fsp3) is 0.348. The number of rotatable bonds is 14. The van der Waals surface area contributed by atoms with Crippen LogP contribution < -0.4 is 28.7 Å². The van der Waals surface area contributed by atoms with Crippen molar-refractivity contribution in [1.29, 1.82) is 0 Å². The number of piperazine rings is 2. The summed E-state index contributed by atoms with van der Waals surface area (Å²) >= 11 is 15.4. The Bertz CT molecular complexity index is 2860. The van der Waals surface area contributed by atoms with Gasteiger partial charge in [0.05, 0.1) is 49.6 Å². The second kappa shape index (κ2) is 21.5. The number of benzene rings is 4. The van der Waals surface area contributed by atoms with Crippen molar-refractivity contribution >= 4 is 76.2 Å². The summed E-state index contributed by atoms with van der Waals surface area (Å²) in [5.41, 5.74) is 6.73. The first-order valence-electron chi connectivity index (χ1n) is 21.0. The summed E-state index contributed by atoms with van der Waals surface area (Å²) in [7, 11) is -1.24. The molecule has 2 fully saturated rings. The van der Waals surface area contributed by atoms with Crippen LogP contribution >= 0.6 is 45.9 Å². The molecule has 0 spiro atoms. The zero-order valence-corrected chi connectivity index (χ0v) is 42.3. The average molecular weight is 1020 g/mol. The molecule has 14 nitrogen and oxygen atoms in total. The zero-order chi connectivity index (χ0) is 47.2. The van der Waals surface area contributed by atoms with E-state index in [0.29, 0.717) is 91.8 Å². The highest BCUT2D eigenvalue weighted by Gasteiger charge is 2.32. The van der Waals surface area contributed by atoms with Gasteiger partial charge in [-0.05, 0) is 66.9 Å². The molecule has 20 heteroatoms. The maximum absolute atomic E-state index is 13.2. The van der Waals surface area contributed by atoms with E-state index in [1.165, 1.54) is 71.9 Å². The van der Waals surface area contributed by atoms with Crippen LogP contribution in [0, 0.1) is 13.8 Å². The first-order chi connectivity index (χ1) is 31.6. The fourth-order valence-corrected chi connectivity index (χ4v) is 12.7. The lowest BCUT2D eigenvalue weighted by atomic mass is 10.0. The summed E-state index contributed by atoms with van der Waals surface area (Å²) in [5, 5.41) is 7.14. The van der Waals surface area contributed by atoms with Gasteiger partial charge in [-0.2, -0.15) is 8.61 Å². The van der Waals surface area contributed by atoms with Crippen LogP contribution in [-0.4, -0.2) is 116 Å². The maximum atomic E-state index is 13.2. The Morgan fingerprint density at radius 3 is 1.44 bits per heavy atom. The van der Waals surface area contributed by atoms with Gasteiger partial charge in [0.1, 0.15) is 0 Å². The molecular formula is C46H52Cl2N6O8S4. The Hall–Kier alpha value is -4.66. The second-order valence-corrected chi connectivity index (χ2v) is 22.0. The summed E-state index contributed by atoms with van der Waals surface area (Å²) in [6, 6.07) is 21.3. The van der Waals surface area contributed by atoms with Crippen molar-refractivity contribution in [2.45, 2.75) is 36.5 Å². The van der Waals surface area contributed by atoms with E-state index in [1.807, 2.05) is 17.5 Å². The van der Waals surface area contributed by atoms with Gasteiger partial charge in [-0.1, -0.05) is 53.0 Å². The van der Waals surface area contributed by atoms with Crippen LogP contribution in [-0.2, 0) is 32.9 Å². The first-order valence-corrected chi connectivity index (χ1v) is 26.4. The topological polar surface area (TPSA) is 144 Å². The van der Waals surface area contributed by atoms with Crippen molar-refractivity contribution in [2.24, 2.45) is 0 Å². The Labute approximate surface area is 405 Å². The van der Waals surface area contributed by atoms with Crippen LogP contribution in [0.2, 0.25) is 10.0 Å². The minimum Gasteiger partial charge on any atom is -0.493 e. The molecule has 66 heavy (non-hydrogen) atoms. The van der Waals surface area contributed by atoms with Crippen LogP contribution in [0.25, 0.3) is 0 Å². The molecule has 0 radical (unpaired) electrons. The van der Waals surface area contributed by atoms with Crippen LogP contribution in [0.15, 0.2) is 93.3 Å². The molecule has 0 unspecified atom stereocenters. The third-order valence-corrected chi connectivity index (χ3v) is 17.6. The molecule has 2 aliphatic heterocycles. The molecule has 2 aliphatic rings. The fourth-order valence-electron chi connectivity index (χ4n) is 7.58. The molecule has 6 aromatic rings. The monoisotopic (exact) mass is 1010 g/mol. The molecule has 4 heterocycles. The number of ether oxygens (including phenoxy) is 4. The van der Waals surface area contributed by atoms with E-state index < -0.39 is 20.0 Å². The van der Waals surface area contributed by atoms with Crippen LogP contribution in [0.3, 0.4) is 0 Å². The minimum absolute atomic E-state index is 0.185. The molecule has 2 saturated heterocycles. The van der Waals surface area contributed by atoms with Gasteiger partial charge >= 0.3 is 0 Å². The molecule has 0 atom stereocenters. The van der Waals surface area contributed by atoms with Crippen LogP contribution in [0.4, 0.5) is 10.3 Å². The van der Waals surface area contributed by atoms with Gasteiger partial charge < -0.3 is 28.7 Å². The number of anilines is 2. The summed E-state index contributed by atoms with van der Waals surface area (Å²) in [6.45, 7) is 8.09. The zero-order valence-electron chi connectivity index (χ0n) is 37.5. The van der Waals surface area contributed by atoms with Crippen molar-refractivity contribution < 1.29 is 35.8 Å². The number of aromatic nitrogens is 2. The van der Waals surface area contributed by atoms with Crippen LogP contribution in [0.5, 0.6) is 23.0 Å². The maximum Gasteiger partial charge on any atom is 0.243 e. The Morgan fingerprint density at radius 1 is 0.545 bits per heavy atom. The number of sulfonamides is 2. The van der Waals surface area contributed by atoms with E-state index in [-0.39, 0.29) is 9.79 Å². The molecule has 352 valence electrons. The number of nitrogens with zero attached hydrogens (tertiary/aromatic N) is 6. The van der Waals surface area contributed by atoms with E-state index in [1.54, 1.807) is 46.9 Å². The summed E-state index contributed by atoms with van der Waals surface area (Å²) in [5.74, 6) is 1.77. The molecule has 2 aromatic heterocycles. The third-order valence-electron chi connectivity index (χ3n) is 11.3. The Morgan fingerprint density at radius 2 is 1.00 bits per heavy atom. The summed E-state index contributed by atoms with van der Waals surface area (Å²) in [6.07, 6.45) is 1.41. The lowest BCUT2D eigenvalue weighted by Gasteiger charge is -2.33. The summed E-state index contributed by atoms with van der Waals surface area (Å²) in [4.78, 5) is 14.2. The second-order valence-electron chi connectivity index (χ2n) is 15.6. The molecular weight excluding hydrogens is 964 g/mol. The van der Waals surface area contributed by atoms with Crippen LogP contribution in [0.1, 0.15) is 33.6 Å². The normalized spacial score (nSPS) is 15.0. The van der Waals surface area contributed by atoms with Gasteiger partial charge in [-0.15, -0.1) is 22.7 Å². The van der Waals surface area contributed by atoms with Crippen molar-refractivity contribution in [3.63, 3.8) is 0 Å². The van der Waals surface area contributed by atoms with E-state index in [2.05, 4.69) is 47.2 Å². The SMILES string of the molecule is COc1ccc(S(=O)(=O)N2CCN(c3nc(Cc4cc(C)ccc4C)cs3)CC2)cc1OC.COc1ccc(S(=O)(=O)N2CCN(c3nc(Cc4ccc(Cl)cc4Cl)cs3)CC2)cc1OC. The van der Waals surface area contributed by atoms with E-state index in [0.717, 1.165) is 33.6 Å². The van der Waals surface area contributed by atoms with E-state index in [9.17, 15) is 16.8 Å². The largest absolute Gasteiger partial charge is 0.493 e. The predicted molar refractivity (Wildman–Crippen MR) is 263 cm³/mol. The molecule has 0 N–H and O–H groups in total. The molecule has 0 saturated carbocycles. The van der Waals surface area contributed by atoms with Gasteiger partial charge in [-0.3, -0.25) is 0 Å². The highest BCUT2D eigenvalue weighted by Crippen LogP contribution is 2.34. The number of halogens is 2. The number of aryl methyl sites for hydroxylation is 2. The van der Waals surface area contributed by atoms with Gasteiger partial charge in [0.2, 0.25) is 20.0 Å². The van der Waals surface area contributed by atoms with E-state index in [4.69, 9.17) is 52.1 Å². The Balaban J connectivity index is 0.000000196. The lowest BCUT2D eigenvalue weighted by molar-refractivity contribution is 0.353. The standard InChI is InChI=1S/C24H29N3O4S2.C22H23Cl2N3O4S2/c1-17-5-6-18(2)19(13-17)14-20-16-32-24(25-20)26-9-11-27(12-10-26)33(28,29)21-7-8-22(30-3)23(15-21)31-4;1-30-20-6-5-18(13-21(20)31-2)33(28,29)27-9-7-26(8-10-27)22-25-17(14-32-22)11-15-3-4-16(23)12-19(15)24/h5-8,13,15-16H,9-12,14H2,1-4H3;3-6,12-14H,7-11H2,1-2H3. The van der Waals surface area contributed by atoms with Crippen molar-refractivity contribution in [3.05, 3.63) is 127 Å². The minimum atomic E-state index is -3.64. The molecule has 0 bridgehead atoms.